The van der Waals surface area contributed by atoms with E-state index in [1.54, 1.807) is 24.5 Å². The van der Waals surface area contributed by atoms with Crippen LogP contribution in [-0.4, -0.2) is 65.0 Å². The summed E-state index contributed by atoms with van der Waals surface area (Å²) in [6.45, 7) is 1.84. The topological polar surface area (TPSA) is 200 Å². The number of aliphatic carboxylic acids is 1. The van der Waals surface area contributed by atoms with Crippen molar-refractivity contribution in [1.82, 2.24) is 15.0 Å². The molecule has 0 aliphatic heterocycles. The van der Waals surface area contributed by atoms with Gasteiger partial charge in [-0.05, 0) is 42.0 Å². The second-order valence-corrected chi connectivity index (χ2v) is 11.6. The van der Waals surface area contributed by atoms with Crippen LogP contribution in [0.25, 0.3) is 0 Å². The third kappa shape index (κ3) is 9.79. The van der Waals surface area contributed by atoms with Gasteiger partial charge in [0.2, 0.25) is 10.0 Å². The van der Waals surface area contributed by atoms with Crippen molar-refractivity contribution in [2.24, 2.45) is 0 Å². The number of Topliss-reactive ketones (excluding diaryl/α,β-unsaturated/α-hetero) is 1. The van der Waals surface area contributed by atoms with Crippen molar-refractivity contribution in [2.45, 2.75) is 29.7 Å². The fraction of sp³-hybridized carbons (Fsp3) is 0.208. The van der Waals surface area contributed by atoms with Gasteiger partial charge < -0.3 is 25.4 Å². The van der Waals surface area contributed by atoms with Crippen LogP contribution < -0.4 is 10.0 Å². The summed E-state index contributed by atoms with van der Waals surface area (Å²) in [7, 11) is -4.01. The van der Waals surface area contributed by atoms with Gasteiger partial charge in [0.1, 0.15) is 6.79 Å². The van der Waals surface area contributed by atoms with Crippen molar-refractivity contribution in [3.8, 4) is 11.5 Å². The predicted molar refractivity (Wildman–Crippen MR) is 144 cm³/mol. The number of carboxylic acid groups (broad SMARTS) is 1. The number of carbonyl (C=O) groups is 4. The number of thioether (sulfide) groups is 1. The zero-order chi connectivity index (χ0) is 29.0. The lowest BCUT2D eigenvalue weighted by Crippen LogP contribution is -2.43. The van der Waals surface area contributed by atoms with Gasteiger partial charge >= 0.3 is 5.97 Å². The molecule has 3 aromatic rings. The van der Waals surface area contributed by atoms with Gasteiger partial charge in [0.15, 0.2) is 17.3 Å². The normalized spacial score (nSPS) is 11.6. The molecular weight excluding hydrogens is 570 g/mol. The molecule has 0 fully saturated rings. The number of phenolic OH excluding ortho intramolecular Hbond substituents is 2. The van der Waals surface area contributed by atoms with Crippen molar-refractivity contribution in [1.29, 1.82) is 0 Å². The van der Waals surface area contributed by atoms with Crippen molar-refractivity contribution < 1.29 is 42.9 Å². The first-order valence-electron chi connectivity index (χ1n) is 11.0. The second-order valence-electron chi connectivity index (χ2n) is 7.68. The first-order chi connectivity index (χ1) is 18.5. The highest BCUT2D eigenvalue weighted by Crippen LogP contribution is 2.27. The van der Waals surface area contributed by atoms with E-state index in [9.17, 15) is 38.1 Å². The number of ketones is 1. The minimum atomic E-state index is -4.01. The van der Waals surface area contributed by atoms with E-state index in [4.69, 9.17) is 4.79 Å². The molecule has 1 atom stereocenters. The fourth-order valence-electron chi connectivity index (χ4n) is 3.01. The number of carbonyl (C=O) groups excluding carboxylic acids is 3. The average Bonchev–Trinajstić information content (AvgIpc) is 3.39. The molecule has 1 amide bonds. The Balaban J connectivity index is 0.00000260. The number of benzene rings is 1. The van der Waals surface area contributed by atoms with E-state index in [0.29, 0.717) is 10.6 Å². The Kier molecular flexibility index (Phi) is 12.1. The molecular formula is C24H25N3O9S3. The third-order valence-corrected chi connectivity index (χ3v) is 8.42. The Morgan fingerprint density at radius 1 is 1.03 bits per heavy atom. The smallest absolute Gasteiger partial charge is 0.305 e. The Labute approximate surface area is 232 Å². The first kappa shape index (κ1) is 31.4. The number of hydrogen-bond acceptors (Lipinski definition) is 11. The van der Waals surface area contributed by atoms with Crippen LogP contribution in [0.4, 0.5) is 0 Å². The highest BCUT2D eigenvalue weighted by molar-refractivity contribution is 7.99. The Hall–Kier alpha value is -3.79. The summed E-state index contributed by atoms with van der Waals surface area (Å²) in [5, 5.41) is 30.5. The molecule has 0 radical (unpaired) electrons. The highest BCUT2D eigenvalue weighted by Gasteiger charge is 2.25. The second kappa shape index (κ2) is 15.0. The van der Waals surface area contributed by atoms with Crippen LogP contribution in [0.15, 0.2) is 59.8 Å². The van der Waals surface area contributed by atoms with Gasteiger partial charge in [0.25, 0.3) is 5.91 Å². The van der Waals surface area contributed by atoms with E-state index in [1.807, 2.05) is 6.79 Å². The summed E-state index contributed by atoms with van der Waals surface area (Å²) in [6.07, 6.45) is 2.69. The number of pyridine rings is 1. The molecule has 0 saturated carbocycles. The molecule has 12 nitrogen and oxygen atoms in total. The van der Waals surface area contributed by atoms with E-state index in [-0.39, 0.29) is 22.1 Å². The predicted octanol–water partition coefficient (Wildman–Crippen LogP) is 1.92. The van der Waals surface area contributed by atoms with Crippen molar-refractivity contribution in [2.75, 3.05) is 5.75 Å². The summed E-state index contributed by atoms with van der Waals surface area (Å²) in [5.41, 5.74) is 0.954. The molecule has 2 heterocycles. The number of hydrogen-bond donors (Lipinski definition) is 5. The molecule has 0 bridgehead atoms. The number of rotatable bonds is 13. The molecule has 0 unspecified atom stereocenters. The SMILES string of the molecule is C=O.O=C(O)C[C@H](NC(=O)c1ccc(CNS(=O)(=O)c2ccc(O)c(O)c2)s1)C(=O)CSCc1ccncc1. The summed E-state index contributed by atoms with van der Waals surface area (Å²) < 4.78 is 27.2. The zero-order valence-electron chi connectivity index (χ0n) is 20.3. The molecule has 1 aromatic carbocycles. The molecule has 3 rings (SSSR count). The van der Waals surface area contributed by atoms with Gasteiger partial charge in [0.05, 0.1) is 28.0 Å². The minimum absolute atomic E-state index is 0.00480. The highest BCUT2D eigenvalue weighted by atomic mass is 32.2. The van der Waals surface area contributed by atoms with Crippen LogP contribution in [0.5, 0.6) is 11.5 Å². The lowest BCUT2D eigenvalue weighted by Gasteiger charge is -2.15. The van der Waals surface area contributed by atoms with Crippen LogP contribution in [-0.2, 0) is 36.7 Å². The van der Waals surface area contributed by atoms with Gasteiger partial charge in [-0.15, -0.1) is 23.1 Å². The Bertz CT molecular complexity index is 1400. The van der Waals surface area contributed by atoms with Crippen LogP contribution in [0.1, 0.15) is 26.5 Å². The number of phenols is 2. The maximum Gasteiger partial charge on any atom is 0.305 e. The number of nitrogens with zero attached hydrogens (tertiary/aromatic N) is 1. The maximum atomic E-state index is 12.7. The first-order valence-corrected chi connectivity index (χ1v) is 14.4. The largest absolute Gasteiger partial charge is 0.504 e. The van der Waals surface area contributed by atoms with E-state index in [0.717, 1.165) is 35.1 Å². The molecule has 0 saturated heterocycles. The van der Waals surface area contributed by atoms with E-state index in [2.05, 4.69) is 15.0 Å². The van der Waals surface area contributed by atoms with Crippen LogP contribution >= 0.6 is 23.1 Å². The van der Waals surface area contributed by atoms with E-state index >= 15 is 0 Å². The molecule has 5 N–H and O–H groups in total. The van der Waals surface area contributed by atoms with Crippen LogP contribution in [0.3, 0.4) is 0 Å². The third-order valence-electron chi connectivity index (χ3n) is 4.91. The average molecular weight is 596 g/mol. The van der Waals surface area contributed by atoms with Crippen LogP contribution in [0, 0.1) is 0 Å². The fourth-order valence-corrected chi connectivity index (χ4v) is 5.91. The van der Waals surface area contributed by atoms with Crippen molar-refractivity contribution in [3.05, 3.63) is 70.2 Å². The lowest BCUT2D eigenvalue weighted by atomic mass is 10.1. The Morgan fingerprint density at radius 2 is 1.72 bits per heavy atom. The van der Waals surface area contributed by atoms with Gasteiger partial charge in [-0.1, -0.05) is 0 Å². The maximum absolute atomic E-state index is 12.7. The van der Waals surface area contributed by atoms with Gasteiger partial charge in [-0.25, -0.2) is 13.1 Å². The van der Waals surface area contributed by atoms with Gasteiger partial charge in [0, 0.05) is 35.6 Å². The van der Waals surface area contributed by atoms with Crippen molar-refractivity contribution in [3.63, 3.8) is 0 Å². The molecule has 2 aromatic heterocycles. The van der Waals surface area contributed by atoms with Crippen molar-refractivity contribution >= 4 is 57.6 Å². The number of aromatic nitrogens is 1. The number of carboxylic acids is 1. The summed E-state index contributed by atoms with van der Waals surface area (Å²) >= 11 is 2.26. The molecule has 0 aliphatic rings. The molecule has 0 aliphatic carbocycles. The number of nitrogens with one attached hydrogen (secondary N) is 2. The number of aromatic hydroxyl groups is 2. The molecule has 0 spiro atoms. The standard InChI is InChI=1S/C23H23N3O8S3.CH2O/c27-18-3-2-16(9-19(18)28)37(33,34)25-11-15-1-4-21(36-15)23(32)26-17(10-22(30)31)20(29)13-35-12-14-5-7-24-8-6-14;1-2/h1-9,17,25,27-28H,10-13H2,(H,26,32)(H,30,31);1H2/t17-;/m0./s1. The molecule has 208 valence electrons. The van der Waals surface area contributed by atoms with Gasteiger partial charge in [-0.2, -0.15) is 0 Å². The number of amides is 1. The van der Waals surface area contributed by atoms with Crippen LogP contribution in [0.2, 0.25) is 0 Å². The Morgan fingerprint density at radius 3 is 2.36 bits per heavy atom. The summed E-state index contributed by atoms with van der Waals surface area (Å²) in [4.78, 5) is 48.9. The number of sulfonamides is 1. The van der Waals surface area contributed by atoms with E-state index < -0.39 is 51.6 Å². The van der Waals surface area contributed by atoms with E-state index in [1.165, 1.54) is 23.9 Å². The summed E-state index contributed by atoms with van der Waals surface area (Å²) in [5.74, 6) is -2.84. The summed E-state index contributed by atoms with van der Waals surface area (Å²) in [6, 6.07) is 8.42. The lowest BCUT2D eigenvalue weighted by molar-refractivity contribution is -0.139. The zero-order valence-corrected chi connectivity index (χ0v) is 22.7. The van der Waals surface area contributed by atoms with Gasteiger partial charge in [-0.3, -0.25) is 19.4 Å². The minimum Gasteiger partial charge on any atom is -0.504 e. The quantitative estimate of drug-likeness (QED) is 0.181. The molecule has 39 heavy (non-hydrogen) atoms. The number of thiophene rings is 1. The molecule has 15 heteroatoms. The monoisotopic (exact) mass is 595 g/mol.